The van der Waals surface area contributed by atoms with Gasteiger partial charge in [0.1, 0.15) is 11.6 Å². The van der Waals surface area contributed by atoms with E-state index in [0.29, 0.717) is 11.5 Å². The number of hydrogen-bond acceptors (Lipinski definition) is 3. The molecule has 0 spiro atoms. The van der Waals surface area contributed by atoms with E-state index < -0.39 is 23.8 Å². The molecular formula is C26H32F2N2O2. The van der Waals surface area contributed by atoms with Crippen LogP contribution in [0.25, 0.3) is 0 Å². The number of benzene rings is 2. The Bertz CT molecular complexity index is 934. The highest BCUT2D eigenvalue weighted by molar-refractivity contribution is 5.73. The fraction of sp³-hybridized carbons (Fsp3) is 0.500. The normalized spacial score (nSPS) is 19.5. The second-order valence-corrected chi connectivity index (χ2v) is 9.43. The lowest BCUT2D eigenvalue weighted by Crippen LogP contribution is -2.49. The Kier molecular flexibility index (Phi) is 6.91. The van der Waals surface area contributed by atoms with Gasteiger partial charge in [0.25, 0.3) is 0 Å². The standard InChI is InChI=1S/C26H32F2N2O2/c1-17(31)30-24(13-18-11-22(27)15-23(28)12-18)25(32)16-29-26(9-10-26)21-8-4-7-20(14-21)19-5-2-3-6-19/h4,7-8,11-12,14-15,19,24-25,29,32H,2-3,5-6,9-10,13,16H2,1H3,(H,30,31)/t24-,25+/m0/s1. The fourth-order valence-corrected chi connectivity index (χ4v) is 5.01. The Hall–Kier alpha value is -2.31. The van der Waals surface area contributed by atoms with Crippen molar-refractivity contribution in [1.82, 2.24) is 10.6 Å². The third kappa shape index (κ3) is 5.54. The summed E-state index contributed by atoms with van der Waals surface area (Å²) in [5.41, 5.74) is 2.89. The van der Waals surface area contributed by atoms with Crippen molar-refractivity contribution < 1.29 is 18.7 Å². The van der Waals surface area contributed by atoms with Gasteiger partial charge in [0.05, 0.1) is 12.1 Å². The number of halogens is 2. The highest BCUT2D eigenvalue weighted by atomic mass is 19.1. The Labute approximate surface area is 188 Å². The minimum atomic E-state index is -0.902. The molecule has 2 aliphatic rings. The van der Waals surface area contributed by atoms with Crippen LogP contribution in [-0.4, -0.2) is 29.7 Å². The van der Waals surface area contributed by atoms with Crippen molar-refractivity contribution in [3.05, 3.63) is 70.8 Å². The van der Waals surface area contributed by atoms with Crippen molar-refractivity contribution in [2.75, 3.05) is 6.54 Å². The topological polar surface area (TPSA) is 61.4 Å². The number of nitrogens with one attached hydrogen (secondary N) is 2. The van der Waals surface area contributed by atoms with Crippen molar-refractivity contribution in [3.63, 3.8) is 0 Å². The average molecular weight is 443 g/mol. The first-order valence-corrected chi connectivity index (χ1v) is 11.6. The molecule has 4 rings (SSSR count). The molecule has 1 amide bonds. The Balaban J connectivity index is 1.42. The lowest BCUT2D eigenvalue weighted by molar-refractivity contribution is -0.120. The molecular weight excluding hydrogens is 410 g/mol. The van der Waals surface area contributed by atoms with Gasteiger partial charge < -0.3 is 15.7 Å². The first-order chi connectivity index (χ1) is 15.3. The predicted octanol–water partition coefficient (Wildman–Crippen LogP) is 4.31. The van der Waals surface area contributed by atoms with Gasteiger partial charge in [-0.05, 0) is 66.8 Å². The van der Waals surface area contributed by atoms with E-state index in [1.54, 1.807) is 0 Å². The van der Waals surface area contributed by atoms with Gasteiger partial charge in [0, 0.05) is 25.1 Å². The molecule has 32 heavy (non-hydrogen) atoms. The largest absolute Gasteiger partial charge is 0.390 e. The van der Waals surface area contributed by atoms with Crippen LogP contribution >= 0.6 is 0 Å². The third-order valence-corrected chi connectivity index (χ3v) is 6.90. The number of carbonyl (C=O) groups is 1. The molecule has 0 heterocycles. The van der Waals surface area contributed by atoms with Crippen LogP contribution in [0.2, 0.25) is 0 Å². The summed E-state index contributed by atoms with van der Waals surface area (Å²) >= 11 is 0. The molecule has 3 N–H and O–H groups in total. The zero-order valence-electron chi connectivity index (χ0n) is 18.5. The van der Waals surface area contributed by atoms with Crippen molar-refractivity contribution >= 4 is 5.91 Å². The van der Waals surface area contributed by atoms with E-state index in [1.165, 1.54) is 55.9 Å². The fourth-order valence-electron chi connectivity index (χ4n) is 5.01. The summed E-state index contributed by atoms with van der Waals surface area (Å²) in [4.78, 5) is 11.7. The number of carbonyl (C=O) groups excluding carboxylic acids is 1. The lowest BCUT2D eigenvalue weighted by Gasteiger charge is -2.27. The van der Waals surface area contributed by atoms with Crippen molar-refractivity contribution in [2.24, 2.45) is 0 Å². The molecule has 2 aromatic carbocycles. The summed E-state index contributed by atoms with van der Waals surface area (Å²) in [5, 5.41) is 17.1. The molecule has 2 aliphatic carbocycles. The summed E-state index contributed by atoms with van der Waals surface area (Å²) in [6, 6.07) is 11.4. The number of aliphatic hydroxyl groups is 1. The van der Waals surface area contributed by atoms with E-state index in [2.05, 4.69) is 34.9 Å². The molecule has 0 bridgehead atoms. The zero-order chi connectivity index (χ0) is 22.7. The summed E-state index contributed by atoms with van der Waals surface area (Å²) < 4.78 is 27.2. The number of amides is 1. The highest BCUT2D eigenvalue weighted by Crippen LogP contribution is 2.46. The van der Waals surface area contributed by atoms with E-state index in [9.17, 15) is 18.7 Å². The van der Waals surface area contributed by atoms with Crippen LogP contribution in [0.1, 0.15) is 68.1 Å². The van der Waals surface area contributed by atoms with Crippen LogP contribution < -0.4 is 10.6 Å². The van der Waals surface area contributed by atoms with E-state index in [0.717, 1.165) is 18.9 Å². The van der Waals surface area contributed by atoms with Crippen LogP contribution in [0.3, 0.4) is 0 Å². The summed E-state index contributed by atoms with van der Waals surface area (Å²) in [6.45, 7) is 1.65. The monoisotopic (exact) mass is 442 g/mol. The summed E-state index contributed by atoms with van der Waals surface area (Å²) in [6.07, 6.45) is 6.32. The van der Waals surface area contributed by atoms with Gasteiger partial charge in [-0.25, -0.2) is 8.78 Å². The molecule has 0 aromatic heterocycles. The van der Waals surface area contributed by atoms with Crippen molar-refractivity contribution in [3.8, 4) is 0 Å². The number of rotatable bonds is 9. The minimum absolute atomic E-state index is 0.140. The smallest absolute Gasteiger partial charge is 0.217 e. The predicted molar refractivity (Wildman–Crippen MR) is 120 cm³/mol. The quantitative estimate of drug-likeness (QED) is 0.542. The van der Waals surface area contributed by atoms with Gasteiger partial charge in [-0.1, -0.05) is 37.1 Å². The van der Waals surface area contributed by atoms with Gasteiger partial charge in [0.2, 0.25) is 5.91 Å². The molecule has 0 saturated heterocycles. The van der Waals surface area contributed by atoms with E-state index in [1.807, 2.05) is 0 Å². The molecule has 172 valence electrons. The second kappa shape index (κ2) is 9.67. The SMILES string of the molecule is CC(=O)N[C@@H](Cc1cc(F)cc(F)c1)[C@H](O)CNC1(c2cccc(C3CCCC3)c2)CC1. The molecule has 2 aromatic rings. The Morgan fingerprint density at radius 2 is 1.81 bits per heavy atom. The average Bonchev–Trinajstić information content (AvgIpc) is 3.33. The number of hydrogen-bond donors (Lipinski definition) is 3. The van der Waals surface area contributed by atoms with Gasteiger partial charge in [-0.3, -0.25) is 4.79 Å². The zero-order valence-corrected chi connectivity index (χ0v) is 18.5. The van der Waals surface area contributed by atoms with Crippen LogP contribution in [0.15, 0.2) is 42.5 Å². The number of aliphatic hydroxyl groups excluding tert-OH is 1. The second-order valence-electron chi connectivity index (χ2n) is 9.43. The maximum Gasteiger partial charge on any atom is 0.217 e. The third-order valence-electron chi connectivity index (χ3n) is 6.90. The van der Waals surface area contributed by atoms with E-state index in [4.69, 9.17) is 0 Å². The van der Waals surface area contributed by atoms with Gasteiger partial charge >= 0.3 is 0 Å². The highest BCUT2D eigenvalue weighted by Gasteiger charge is 2.44. The van der Waals surface area contributed by atoms with Crippen LogP contribution in [0.4, 0.5) is 8.78 Å². The molecule has 2 fully saturated rings. The molecule has 4 nitrogen and oxygen atoms in total. The summed E-state index contributed by atoms with van der Waals surface area (Å²) in [7, 11) is 0. The van der Waals surface area contributed by atoms with Crippen LogP contribution in [0.5, 0.6) is 0 Å². The first-order valence-electron chi connectivity index (χ1n) is 11.6. The minimum Gasteiger partial charge on any atom is -0.390 e. The van der Waals surface area contributed by atoms with Crippen LogP contribution in [0, 0.1) is 11.6 Å². The molecule has 2 atom stereocenters. The van der Waals surface area contributed by atoms with Gasteiger partial charge in [-0.2, -0.15) is 0 Å². The van der Waals surface area contributed by atoms with Crippen molar-refractivity contribution in [2.45, 2.75) is 75.5 Å². The Morgan fingerprint density at radius 3 is 2.44 bits per heavy atom. The maximum atomic E-state index is 13.6. The lowest BCUT2D eigenvalue weighted by atomic mass is 9.93. The molecule has 0 radical (unpaired) electrons. The Morgan fingerprint density at radius 1 is 1.12 bits per heavy atom. The first kappa shape index (κ1) is 22.9. The summed E-state index contributed by atoms with van der Waals surface area (Å²) in [5.74, 6) is -0.995. The van der Waals surface area contributed by atoms with Crippen molar-refractivity contribution in [1.29, 1.82) is 0 Å². The van der Waals surface area contributed by atoms with E-state index >= 15 is 0 Å². The maximum absolute atomic E-state index is 13.6. The molecule has 2 saturated carbocycles. The van der Waals surface area contributed by atoms with Gasteiger partial charge in [0.15, 0.2) is 0 Å². The van der Waals surface area contributed by atoms with Gasteiger partial charge in [-0.15, -0.1) is 0 Å². The molecule has 0 aliphatic heterocycles. The van der Waals surface area contributed by atoms with Crippen LogP contribution in [-0.2, 0) is 16.8 Å². The molecule has 6 heteroatoms. The molecule has 0 unspecified atom stereocenters. The van der Waals surface area contributed by atoms with E-state index in [-0.39, 0.29) is 24.4 Å².